The first kappa shape index (κ1) is 29.6. The summed E-state index contributed by atoms with van der Waals surface area (Å²) in [5.74, 6) is -3.81. The average Bonchev–Trinajstić information content (AvgIpc) is 3.56. The van der Waals surface area contributed by atoms with Gasteiger partial charge in [-0.1, -0.05) is 36.9 Å². The van der Waals surface area contributed by atoms with Gasteiger partial charge in [0, 0.05) is 56.3 Å². The molecule has 0 bridgehead atoms. The number of carbonyl (C=O) groups is 2. The molecular formula is C34H35F3N4O4. The standard InChI is InChI=1S/C34H35F3N4O4/c1-22(34(11-12-34)32(2,36)37)40-20-33(21-40)19-39(30(42)24-13-38-41(15-24)14-23-7-9-26(35)10-8-23)16-25(33)17-44-29-18-45-31(43)28-6-4-3-5-27(28)29/h3-10,13,15,25,29H,1,11-12,14,16-21H2,2H3. The summed E-state index contributed by atoms with van der Waals surface area (Å²) >= 11 is 0. The monoisotopic (exact) mass is 620 g/mol. The lowest BCUT2D eigenvalue weighted by Crippen LogP contribution is -2.61. The van der Waals surface area contributed by atoms with Crippen LogP contribution < -0.4 is 0 Å². The Hall–Kier alpha value is -4.12. The van der Waals surface area contributed by atoms with Gasteiger partial charge in [0.2, 0.25) is 0 Å². The van der Waals surface area contributed by atoms with E-state index in [2.05, 4.69) is 11.7 Å². The van der Waals surface area contributed by atoms with Gasteiger partial charge in [-0.25, -0.2) is 18.0 Å². The van der Waals surface area contributed by atoms with Crippen molar-refractivity contribution in [3.63, 3.8) is 0 Å². The second kappa shape index (κ2) is 10.8. The largest absolute Gasteiger partial charge is 0.459 e. The smallest absolute Gasteiger partial charge is 0.338 e. The number of hydrogen-bond donors (Lipinski definition) is 0. The number of cyclic esters (lactones) is 1. The number of likely N-dealkylation sites (tertiary alicyclic amines) is 2. The number of aromatic nitrogens is 2. The molecule has 2 saturated heterocycles. The molecule has 7 rings (SSSR count). The zero-order valence-corrected chi connectivity index (χ0v) is 25.1. The molecule has 3 aromatic rings. The predicted octanol–water partition coefficient (Wildman–Crippen LogP) is 5.32. The van der Waals surface area contributed by atoms with Gasteiger partial charge in [0.25, 0.3) is 11.8 Å². The van der Waals surface area contributed by atoms with E-state index in [0.717, 1.165) is 18.1 Å². The lowest BCUT2D eigenvalue weighted by atomic mass is 9.70. The number of hydrogen-bond acceptors (Lipinski definition) is 6. The molecule has 3 aliphatic heterocycles. The van der Waals surface area contributed by atoms with E-state index >= 15 is 0 Å². The fourth-order valence-corrected chi connectivity index (χ4v) is 7.26. The van der Waals surface area contributed by atoms with Crippen molar-refractivity contribution < 1.29 is 32.2 Å². The third-order valence-electron chi connectivity index (χ3n) is 10.2. The molecule has 1 aliphatic carbocycles. The Kier molecular flexibility index (Phi) is 7.07. The molecule has 3 fully saturated rings. The van der Waals surface area contributed by atoms with Gasteiger partial charge in [0.15, 0.2) is 0 Å². The minimum atomic E-state index is -2.85. The van der Waals surface area contributed by atoms with Crippen molar-refractivity contribution in [2.75, 3.05) is 39.4 Å². The zero-order chi connectivity index (χ0) is 31.6. The van der Waals surface area contributed by atoms with Crippen LogP contribution in [0.5, 0.6) is 0 Å². The number of nitrogens with zero attached hydrogens (tertiary/aromatic N) is 4. The van der Waals surface area contributed by atoms with Crippen LogP contribution >= 0.6 is 0 Å². The average molecular weight is 621 g/mol. The highest BCUT2D eigenvalue weighted by Gasteiger charge is 2.65. The topological polar surface area (TPSA) is 76.9 Å². The van der Waals surface area contributed by atoms with Gasteiger partial charge in [-0.05, 0) is 42.2 Å². The van der Waals surface area contributed by atoms with E-state index in [9.17, 15) is 22.8 Å². The molecule has 4 aliphatic rings. The second-order valence-corrected chi connectivity index (χ2v) is 13.1. The van der Waals surface area contributed by atoms with Gasteiger partial charge in [-0.3, -0.25) is 9.48 Å². The molecule has 2 unspecified atom stereocenters. The molecular weight excluding hydrogens is 585 g/mol. The first-order valence-corrected chi connectivity index (χ1v) is 15.2. The molecule has 2 aromatic carbocycles. The van der Waals surface area contributed by atoms with Gasteiger partial charge in [-0.15, -0.1) is 0 Å². The number of amides is 1. The zero-order valence-electron chi connectivity index (χ0n) is 25.1. The van der Waals surface area contributed by atoms with Crippen LogP contribution in [-0.2, 0) is 16.0 Å². The molecule has 2 atom stereocenters. The maximum Gasteiger partial charge on any atom is 0.338 e. The number of allylic oxidation sites excluding steroid dienone is 1. The van der Waals surface area contributed by atoms with E-state index in [1.807, 2.05) is 17.0 Å². The highest BCUT2D eigenvalue weighted by atomic mass is 19.3. The Morgan fingerprint density at radius 2 is 1.82 bits per heavy atom. The number of halogens is 3. The van der Waals surface area contributed by atoms with Crippen LogP contribution in [-0.4, -0.2) is 76.8 Å². The van der Waals surface area contributed by atoms with Gasteiger partial charge < -0.3 is 19.3 Å². The van der Waals surface area contributed by atoms with Gasteiger partial charge in [0.1, 0.15) is 18.5 Å². The number of carbonyl (C=O) groups excluding carboxylic acids is 2. The molecule has 0 N–H and O–H groups in total. The Morgan fingerprint density at radius 3 is 2.53 bits per heavy atom. The third-order valence-corrected chi connectivity index (χ3v) is 10.2. The molecule has 236 valence electrons. The lowest BCUT2D eigenvalue weighted by Gasteiger charge is -2.54. The second-order valence-electron chi connectivity index (χ2n) is 13.1. The highest BCUT2D eigenvalue weighted by molar-refractivity contribution is 5.94. The minimum Gasteiger partial charge on any atom is -0.459 e. The number of fused-ring (bicyclic) bond motifs is 1. The van der Waals surface area contributed by atoms with Crippen LogP contribution in [0.3, 0.4) is 0 Å². The van der Waals surface area contributed by atoms with Crippen molar-refractivity contribution in [3.05, 3.63) is 101 Å². The van der Waals surface area contributed by atoms with Crippen LogP contribution in [0.2, 0.25) is 0 Å². The molecule has 0 radical (unpaired) electrons. The number of benzene rings is 2. The number of ether oxygens (including phenoxy) is 2. The van der Waals surface area contributed by atoms with Crippen molar-refractivity contribution >= 4 is 11.9 Å². The summed E-state index contributed by atoms with van der Waals surface area (Å²) in [6.07, 6.45) is 3.61. The molecule has 1 amide bonds. The summed E-state index contributed by atoms with van der Waals surface area (Å²) in [5.41, 5.74) is 1.45. The predicted molar refractivity (Wildman–Crippen MR) is 158 cm³/mol. The maximum absolute atomic E-state index is 14.5. The summed E-state index contributed by atoms with van der Waals surface area (Å²) in [6.45, 7) is 7.74. The van der Waals surface area contributed by atoms with Crippen molar-refractivity contribution in [1.29, 1.82) is 0 Å². The van der Waals surface area contributed by atoms with E-state index < -0.39 is 17.4 Å². The molecule has 11 heteroatoms. The number of alkyl halides is 2. The molecule has 1 saturated carbocycles. The fraction of sp³-hybridized carbons (Fsp3) is 0.441. The van der Waals surface area contributed by atoms with Crippen molar-refractivity contribution in [2.45, 2.75) is 38.3 Å². The Bertz CT molecular complexity index is 1640. The number of esters is 1. The molecule has 8 nitrogen and oxygen atoms in total. The molecule has 45 heavy (non-hydrogen) atoms. The summed E-state index contributed by atoms with van der Waals surface area (Å²) in [7, 11) is 0. The Labute approximate surface area is 259 Å². The van der Waals surface area contributed by atoms with Crippen molar-refractivity contribution in [3.8, 4) is 0 Å². The molecule has 1 aromatic heterocycles. The van der Waals surface area contributed by atoms with Crippen LogP contribution in [0.1, 0.15) is 57.7 Å². The van der Waals surface area contributed by atoms with Gasteiger partial charge >= 0.3 is 5.97 Å². The maximum atomic E-state index is 14.5. The third kappa shape index (κ3) is 5.20. The van der Waals surface area contributed by atoms with E-state index in [1.165, 1.54) is 18.3 Å². The molecule has 1 spiro atoms. The first-order chi connectivity index (χ1) is 21.5. The summed E-state index contributed by atoms with van der Waals surface area (Å²) < 4.78 is 55.8. The van der Waals surface area contributed by atoms with Gasteiger partial charge in [-0.2, -0.15) is 5.10 Å². The minimum absolute atomic E-state index is 0.0816. The highest BCUT2D eigenvalue weighted by Crippen LogP contribution is 2.63. The first-order valence-electron chi connectivity index (χ1n) is 15.2. The van der Waals surface area contributed by atoms with Gasteiger partial charge in [0.05, 0.1) is 35.9 Å². The SMILES string of the molecule is C=C(N1CC2(C1)CN(C(=O)c1cnn(Cc3ccc(F)cc3)c1)CC2COC1COC(=O)c2ccccc21)C1(C(C)(F)F)CC1. The molecule has 4 heterocycles. The quantitative estimate of drug-likeness (QED) is 0.302. The normalized spacial score (nSPS) is 23.0. The van der Waals surface area contributed by atoms with Crippen LogP contribution in [0, 0.1) is 22.6 Å². The van der Waals surface area contributed by atoms with Crippen LogP contribution in [0.25, 0.3) is 0 Å². The lowest BCUT2D eigenvalue weighted by molar-refractivity contribution is -0.0883. The Morgan fingerprint density at radius 1 is 1.11 bits per heavy atom. The Balaban J connectivity index is 1.08. The van der Waals surface area contributed by atoms with E-state index in [4.69, 9.17) is 9.47 Å². The van der Waals surface area contributed by atoms with E-state index in [0.29, 0.717) is 69.0 Å². The fourth-order valence-electron chi connectivity index (χ4n) is 7.26. The van der Waals surface area contributed by atoms with E-state index in [1.54, 1.807) is 40.0 Å². The van der Waals surface area contributed by atoms with E-state index in [-0.39, 0.29) is 35.6 Å². The summed E-state index contributed by atoms with van der Waals surface area (Å²) in [4.78, 5) is 29.8. The van der Waals surface area contributed by atoms with Crippen LogP contribution in [0.4, 0.5) is 13.2 Å². The van der Waals surface area contributed by atoms with Crippen LogP contribution in [0.15, 0.2) is 73.2 Å². The van der Waals surface area contributed by atoms with Crippen molar-refractivity contribution in [1.82, 2.24) is 19.6 Å². The summed E-state index contributed by atoms with van der Waals surface area (Å²) in [6, 6.07) is 13.3. The number of rotatable bonds is 9. The summed E-state index contributed by atoms with van der Waals surface area (Å²) in [5, 5.41) is 4.35. The van der Waals surface area contributed by atoms with Crippen molar-refractivity contribution in [2.24, 2.45) is 16.7 Å².